The Kier molecular flexibility index (Phi) is 3.09. The number of nitrogens with one attached hydrogen (secondary N) is 1. The van der Waals surface area contributed by atoms with Gasteiger partial charge in [0.15, 0.2) is 0 Å². The lowest BCUT2D eigenvalue weighted by molar-refractivity contribution is 0.102. The van der Waals surface area contributed by atoms with Crippen LogP contribution >= 0.6 is 0 Å². The first-order valence-corrected chi connectivity index (χ1v) is 5.32. The number of aromatic nitrogens is 2. The molecule has 17 heavy (non-hydrogen) atoms. The van der Waals surface area contributed by atoms with Gasteiger partial charge in [-0.3, -0.25) is 9.48 Å². The quantitative estimate of drug-likeness (QED) is 0.847. The largest absolute Gasteiger partial charge is 0.508 e. The Labute approximate surface area is 98.7 Å². The van der Waals surface area contributed by atoms with E-state index < -0.39 is 0 Å². The molecule has 0 fully saturated rings. The lowest BCUT2D eigenvalue weighted by Gasteiger charge is -2.03. The van der Waals surface area contributed by atoms with E-state index in [4.69, 9.17) is 0 Å². The molecule has 1 heterocycles. The molecule has 0 aliphatic heterocycles. The normalized spacial score (nSPS) is 10.2. The molecular formula is C12H13N3O2. The van der Waals surface area contributed by atoms with E-state index in [2.05, 4.69) is 10.4 Å². The Morgan fingerprint density at radius 3 is 3.00 bits per heavy atom. The van der Waals surface area contributed by atoms with E-state index in [1.54, 1.807) is 29.1 Å². The molecule has 1 aromatic heterocycles. The number of phenolic OH excluding ortho intramolecular Hbond substituents is 1. The van der Waals surface area contributed by atoms with Gasteiger partial charge < -0.3 is 10.4 Å². The molecule has 88 valence electrons. The molecule has 0 aliphatic carbocycles. The van der Waals surface area contributed by atoms with Crippen molar-refractivity contribution in [2.24, 2.45) is 0 Å². The van der Waals surface area contributed by atoms with Crippen LogP contribution in [0.2, 0.25) is 0 Å². The first kappa shape index (κ1) is 11.2. The second-order valence-corrected chi connectivity index (χ2v) is 3.59. The number of aromatic hydroxyl groups is 1. The Hall–Kier alpha value is -2.30. The molecule has 0 radical (unpaired) electrons. The molecule has 2 rings (SSSR count). The molecule has 2 aromatic rings. The van der Waals surface area contributed by atoms with Gasteiger partial charge in [0.25, 0.3) is 5.91 Å². The summed E-state index contributed by atoms with van der Waals surface area (Å²) in [5, 5.41) is 16.0. The highest BCUT2D eigenvalue weighted by Crippen LogP contribution is 2.16. The topological polar surface area (TPSA) is 67.2 Å². The number of rotatable bonds is 3. The number of nitrogens with zero attached hydrogens (tertiary/aromatic N) is 2. The van der Waals surface area contributed by atoms with E-state index in [1.807, 2.05) is 6.92 Å². The number of hydrogen-bond donors (Lipinski definition) is 2. The Bertz CT molecular complexity index is 534. The molecule has 0 aliphatic rings. The smallest absolute Gasteiger partial charge is 0.258 e. The summed E-state index contributed by atoms with van der Waals surface area (Å²) < 4.78 is 1.68. The number of phenols is 1. The summed E-state index contributed by atoms with van der Waals surface area (Å²) in [4.78, 5) is 11.8. The Morgan fingerprint density at radius 1 is 1.53 bits per heavy atom. The third-order valence-corrected chi connectivity index (χ3v) is 2.32. The zero-order valence-electron chi connectivity index (χ0n) is 9.42. The molecule has 5 heteroatoms. The zero-order valence-corrected chi connectivity index (χ0v) is 9.42. The van der Waals surface area contributed by atoms with E-state index in [0.717, 1.165) is 6.54 Å². The number of amides is 1. The minimum Gasteiger partial charge on any atom is -0.508 e. The van der Waals surface area contributed by atoms with Crippen molar-refractivity contribution < 1.29 is 9.90 Å². The minimum absolute atomic E-state index is 0.118. The predicted octanol–water partition coefficient (Wildman–Crippen LogP) is 1.86. The van der Waals surface area contributed by atoms with Crippen LogP contribution in [-0.2, 0) is 6.54 Å². The molecule has 0 spiro atoms. The lowest BCUT2D eigenvalue weighted by Crippen LogP contribution is -2.10. The molecule has 0 bridgehead atoms. The van der Waals surface area contributed by atoms with Crippen LogP contribution in [0, 0.1) is 0 Å². The highest BCUT2D eigenvalue weighted by Gasteiger charge is 2.08. The third kappa shape index (κ3) is 2.63. The molecule has 0 unspecified atom stereocenters. The number of anilines is 1. The van der Waals surface area contributed by atoms with Crippen LogP contribution in [0.25, 0.3) is 0 Å². The summed E-state index contributed by atoms with van der Waals surface area (Å²) in [6.45, 7) is 2.67. The van der Waals surface area contributed by atoms with Crippen LogP contribution in [-0.4, -0.2) is 20.8 Å². The van der Waals surface area contributed by atoms with E-state index in [-0.39, 0.29) is 11.7 Å². The second-order valence-electron chi connectivity index (χ2n) is 3.59. The van der Waals surface area contributed by atoms with Crippen LogP contribution < -0.4 is 5.32 Å². The molecule has 1 amide bonds. The summed E-state index contributed by atoms with van der Waals surface area (Å²) >= 11 is 0. The Balaban J connectivity index is 2.11. The average Bonchev–Trinajstić information content (AvgIpc) is 2.77. The SMILES string of the molecule is CCn1cc(C(=O)Nc2cccc(O)c2)cn1. The van der Waals surface area contributed by atoms with Crippen LogP contribution in [0.3, 0.4) is 0 Å². The molecule has 0 saturated heterocycles. The highest BCUT2D eigenvalue weighted by atomic mass is 16.3. The number of benzene rings is 1. The van der Waals surface area contributed by atoms with Crippen molar-refractivity contribution in [2.45, 2.75) is 13.5 Å². The molecule has 2 N–H and O–H groups in total. The molecule has 1 aromatic carbocycles. The fourth-order valence-electron chi connectivity index (χ4n) is 1.44. The van der Waals surface area contributed by atoms with Gasteiger partial charge in [-0.2, -0.15) is 5.10 Å². The average molecular weight is 231 g/mol. The van der Waals surface area contributed by atoms with Gasteiger partial charge in [-0.05, 0) is 19.1 Å². The van der Waals surface area contributed by atoms with Crippen LogP contribution in [0.5, 0.6) is 5.75 Å². The van der Waals surface area contributed by atoms with Gasteiger partial charge in [-0.1, -0.05) is 6.07 Å². The fraction of sp³-hybridized carbons (Fsp3) is 0.167. The maximum absolute atomic E-state index is 11.8. The van der Waals surface area contributed by atoms with E-state index >= 15 is 0 Å². The van der Waals surface area contributed by atoms with E-state index in [9.17, 15) is 9.90 Å². The first-order chi connectivity index (χ1) is 8.19. The van der Waals surface area contributed by atoms with Crippen molar-refractivity contribution in [2.75, 3.05) is 5.32 Å². The van der Waals surface area contributed by atoms with Crippen molar-refractivity contribution in [1.29, 1.82) is 0 Å². The monoisotopic (exact) mass is 231 g/mol. The molecule has 5 nitrogen and oxygen atoms in total. The van der Waals surface area contributed by atoms with Crippen LogP contribution in [0.15, 0.2) is 36.7 Å². The van der Waals surface area contributed by atoms with Crippen molar-refractivity contribution in [3.05, 3.63) is 42.2 Å². The van der Waals surface area contributed by atoms with Crippen molar-refractivity contribution in [1.82, 2.24) is 9.78 Å². The van der Waals surface area contributed by atoms with Crippen molar-refractivity contribution >= 4 is 11.6 Å². The van der Waals surface area contributed by atoms with Crippen molar-refractivity contribution in [3.63, 3.8) is 0 Å². The van der Waals surface area contributed by atoms with Gasteiger partial charge in [0.1, 0.15) is 5.75 Å². The van der Waals surface area contributed by atoms with Gasteiger partial charge in [0.05, 0.1) is 11.8 Å². The summed E-state index contributed by atoms with van der Waals surface area (Å²) in [6.07, 6.45) is 3.19. The summed E-state index contributed by atoms with van der Waals surface area (Å²) in [5.41, 5.74) is 1.05. The Morgan fingerprint density at radius 2 is 2.35 bits per heavy atom. The lowest BCUT2D eigenvalue weighted by atomic mass is 10.2. The number of aryl methyl sites for hydroxylation is 1. The summed E-state index contributed by atoms with van der Waals surface area (Å²) in [5.74, 6) is -0.123. The summed E-state index contributed by atoms with van der Waals surface area (Å²) in [7, 11) is 0. The third-order valence-electron chi connectivity index (χ3n) is 2.32. The predicted molar refractivity (Wildman–Crippen MR) is 64.0 cm³/mol. The van der Waals surface area contributed by atoms with Crippen LogP contribution in [0.1, 0.15) is 17.3 Å². The molecule has 0 atom stereocenters. The van der Waals surface area contributed by atoms with E-state index in [1.165, 1.54) is 12.3 Å². The number of hydrogen-bond acceptors (Lipinski definition) is 3. The van der Waals surface area contributed by atoms with E-state index in [0.29, 0.717) is 11.3 Å². The number of carbonyl (C=O) groups is 1. The zero-order chi connectivity index (χ0) is 12.3. The van der Waals surface area contributed by atoms with Gasteiger partial charge in [-0.15, -0.1) is 0 Å². The van der Waals surface area contributed by atoms with Crippen LogP contribution in [0.4, 0.5) is 5.69 Å². The van der Waals surface area contributed by atoms with Gasteiger partial charge >= 0.3 is 0 Å². The first-order valence-electron chi connectivity index (χ1n) is 5.32. The van der Waals surface area contributed by atoms with Gasteiger partial charge in [0, 0.05) is 24.5 Å². The van der Waals surface area contributed by atoms with Gasteiger partial charge in [-0.25, -0.2) is 0 Å². The standard InChI is InChI=1S/C12H13N3O2/c1-2-15-8-9(7-13-15)12(17)14-10-4-3-5-11(16)6-10/h3-8,16H,2H2,1H3,(H,14,17). The second kappa shape index (κ2) is 4.69. The fourth-order valence-corrected chi connectivity index (χ4v) is 1.44. The maximum Gasteiger partial charge on any atom is 0.258 e. The summed E-state index contributed by atoms with van der Waals surface area (Å²) in [6, 6.07) is 6.41. The van der Waals surface area contributed by atoms with Crippen molar-refractivity contribution in [3.8, 4) is 5.75 Å². The molecular weight excluding hydrogens is 218 g/mol. The molecule has 0 saturated carbocycles. The van der Waals surface area contributed by atoms with Gasteiger partial charge in [0.2, 0.25) is 0 Å². The maximum atomic E-state index is 11.8. The highest BCUT2D eigenvalue weighted by molar-refractivity contribution is 6.03. The minimum atomic E-state index is -0.240. The number of carbonyl (C=O) groups excluding carboxylic acids is 1.